The van der Waals surface area contributed by atoms with Gasteiger partial charge in [0.05, 0.1) is 5.56 Å². The summed E-state index contributed by atoms with van der Waals surface area (Å²) in [5.41, 5.74) is 2.26. The first kappa shape index (κ1) is 15.6. The maximum Gasteiger partial charge on any atom is 0.255 e. The number of nitrogens with zero attached hydrogens (tertiary/aromatic N) is 1. The number of aryl methyl sites for hydroxylation is 1. The first-order chi connectivity index (χ1) is 9.29. The standard InChI is InChI=1S/C17H24BrNO/c1-12-5-6-15(18)14(11-12)16(20)19-9-7-13(8-10-19)17(2,3)4/h5-6,11,13H,7-10H2,1-4H3. The summed E-state index contributed by atoms with van der Waals surface area (Å²) in [7, 11) is 0. The second-order valence-corrected chi connectivity index (χ2v) is 7.77. The predicted octanol–water partition coefficient (Wildman–Crippen LogP) is 4.66. The van der Waals surface area contributed by atoms with Crippen molar-refractivity contribution in [3.8, 4) is 0 Å². The molecule has 1 amide bonds. The molecule has 1 aliphatic rings. The van der Waals surface area contributed by atoms with Crippen LogP contribution in [-0.4, -0.2) is 23.9 Å². The second kappa shape index (κ2) is 5.88. The van der Waals surface area contributed by atoms with Crippen LogP contribution in [-0.2, 0) is 0 Å². The smallest absolute Gasteiger partial charge is 0.255 e. The van der Waals surface area contributed by atoms with Gasteiger partial charge in [-0.05, 0) is 59.2 Å². The van der Waals surface area contributed by atoms with E-state index in [0.29, 0.717) is 11.3 Å². The lowest BCUT2D eigenvalue weighted by Crippen LogP contribution is -2.41. The Kier molecular flexibility index (Phi) is 4.58. The molecule has 1 heterocycles. The highest BCUT2D eigenvalue weighted by molar-refractivity contribution is 9.10. The minimum absolute atomic E-state index is 0.160. The van der Waals surface area contributed by atoms with E-state index in [9.17, 15) is 4.79 Å². The fourth-order valence-corrected chi connectivity index (χ4v) is 3.34. The van der Waals surface area contributed by atoms with Crippen LogP contribution in [0.1, 0.15) is 49.5 Å². The Hall–Kier alpha value is -0.830. The number of carbonyl (C=O) groups excluding carboxylic acids is 1. The average molecular weight is 338 g/mol. The monoisotopic (exact) mass is 337 g/mol. The van der Waals surface area contributed by atoms with Crippen LogP contribution in [0.5, 0.6) is 0 Å². The zero-order valence-electron chi connectivity index (χ0n) is 12.9. The Morgan fingerprint density at radius 3 is 2.40 bits per heavy atom. The Morgan fingerprint density at radius 1 is 1.25 bits per heavy atom. The minimum Gasteiger partial charge on any atom is -0.339 e. The quantitative estimate of drug-likeness (QED) is 0.729. The van der Waals surface area contributed by atoms with Gasteiger partial charge in [-0.2, -0.15) is 0 Å². The van der Waals surface area contributed by atoms with E-state index in [4.69, 9.17) is 0 Å². The van der Waals surface area contributed by atoms with Crippen LogP contribution in [0.25, 0.3) is 0 Å². The molecule has 3 heteroatoms. The molecule has 2 rings (SSSR count). The van der Waals surface area contributed by atoms with Crippen LogP contribution >= 0.6 is 15.9 Å². The number of amides is 1. The molecule has 0 saturated carbocycles. The van der Waals surface area contributed by atoms with Crippen molar-refractivity contribution in [2.45, 2.75) is 40.5 Å². The molecule has 1 aromatic carbocycles. The van der Waals surface area contributed by atoms with E-state index >= 15 is 0 Å². The molecule has 0 radical (unpaired) electrons. The maximum absolute atomic E-state index is 12.6. The molecule has 0 spiro atoms. The molecule has 0 atom stereocenters. The molecule has 1 fully saturated rings. The Bertz CT molecular complexity index is 496. The van der Waals surface area contributed by atoms with Gasteiger partial charge in [0.1, 0.15) is 0 Å². The van der Waals surface area contributed by atoms with Crippen molar-refractivity contribution in [3.05, 3.63) is 33.8 Å². The van der Waals surface area contributed by atoms with Gasteiger partial charge in [-0.1, -0.05) is 32.4 Å². The van der Waals surface area contributed by atoms with Crippen LogP contribution in [0.2, 0.25) is 0 Å². The highest BCUT2D eigenvalue weighted by Gasteiger charge is 2.31. The lowest BCUT2D eigenvalue weighted by molar-refractivity contribution is 0.0608. The van der Waals surface area contributed by atoms with Gasteiger partial charge in [0.2, 0.25) is 0 Å². The van der Waals surface area contributed by atoms with Crippen molar-refractivity contribution in [2.24, 2.45) is 11.3 Å². The molecule has 110 valence electrons. The van der Waals surface area contributed by atoms with Crippen LogP contribution in [0.4, 0.5) is 0 Å². The zero-order valence-corrected chi connectivity index (χ0v) is 14.5. The summed E-state index contributed by atoms with van der Waals surface area (Å²) in [6.07, 6.45) is 2.22. The van der Waals surface area contributed by atoms with E-state index in [2.05, 4.69) is 36.7 Å². The highest BCUT2D eigenvalue weighted by atomic mass is 79.9. The Labute approximate surface area is 130 Å². The molecule has 0 unspecified atom stereocenters. The van der Waals surface area contributed by atoms with E-state index in [1.807, 2.05) is 30.0 Å². The zero-order chi connectivity index (χ0) is 14.9. The largest absolute Gasteiger partial charge is 0.339 e. The molecule has 0 aromatic heterocycles. The van der Waals surface area contributed by atoms with Crippen LogP contribution < -0.4 is 0 Å². The molecule has 0 aliphatic carbocycles. The molecular formula is C17H24BrNO. The van der Waals surface area contributed by atoms with Gasteiger partial charge >= 0.3 is 0 Å². The average Bonchev–Trinajstić information content (AvgIpc) is 2.40. The Balaban J connectivity index is 2.07. The van der Waals surface area contributed by atoms with Gasteiger partial charge in [-0.15, -0.1) is 0 Å². The van der Waals surface area contributed by atoms with Crippen LogP contribution in [0, 0.1) is 18.3 Å². The first-order valence-corrected chi connectivity index (χ1v) is 8.14. The molecule has 1 saturated heterocycles. The number of piperidine rings is 1. The summed E-state index contributed by atoms with van der Waals surface area (Å²) in [6, 6.07) is 5.96. The lowest BCUT2D eigenvalue weighted by Gasteiger charge is -2.38. The van der Waals surface area contributed by atoms with E-state index in [-0.39, 0.29) is 5.91 Å². The van der Waals surface area contributed by atoms with Crippen molar-refractivity contribution < 1.29 is 4.79 Å². The van der Waals surface area contributed by atoms with Gasteiger partial charge in [0.15, 0.2) is 0 Å². The molecule has 2 nitrogen and oxygen atoms in total. The topological polar surface area (TPSA) is 20.3 Å². The summed E-state index contributed by atoms with van der Waals surface area (Å²) < 4.78 is 0.894. The third kappa shape index (κ3) is 3.43. The van der Waals surface area contributed by atoms with Crippen molar-refractivity contribution in [1.29, 1.82) is 0 Å². The van der Waals surface area contributed by atoms with Crippen molar-refractivity contribution >= 4 is 21.8 Å². The fourth-order valence-electron chi connectivity index (χ4n) is 2.92. The summed E-state index contributed by atoms with van der Waals surface area (Å²) in [4.78, 5) is 14.6. The maximum atomic E-state index is 12.6. The van der Waals surface area contributed by atoms with E-state index < -0.39 is 0 Å². The van der Waals surface area contributed by atoms with Crippen molar-refractivity contribution in [3.63, 3.8) is 0 Å². The summed E-state index contributed by atoms with van der Waals surface area (Å²) in [5.74, 6) is 0.875. The normalized spacial score (nSPS) is 17.4. The molecule has 20 heavy (non-hydrogen) atoms. The number of benzene rings is 1. The number of likely N-dealkylation sites (tertiary alicyclic amines) is 1. The second-order valence-electron chi connectivity index (χ2n) is 6.92. The van der Waals surface area contributed by atoms with Gasteiger partial charge in [-0.25, -0.2) is 0 Å². The summed E-state index contributed by atoms with van der Waals surface area (Å²) in [5, 5.41) is 0. The minimum atomic E-state index is 0.160. The van der Waals surface area contributed by atoms with Crippen molar-refractivity contribution in [2.75, 3.05) is 13.1 Å². The van der Waals surface area contributed by atoms with Gasteiger partial charge < -0.3 is 4.90 Å². The third-order valence-corrected chi connectivity index (χ3v) is 5.05. The highest BCUT2D eigenvalue weighted by Crippen LogP contribution is 2.34. The van der Waals surface area contributed by atoms with Crippen LogP contribution in [0.15, 0.2) is 22.7 Å². The molecular weight excluding hydrogens is 314 g/mol. The summed E-state index contributed by atoms with van der Waals surface area (Å²) >= 11 is 3.49. The molecule has 1 aromatic rings. The molecule has 0 bridgehead atoms. The number of carbonyl (C=O) groups is 1. The lowest BCUT2D eigenvalue weighted by atomic mass is 9.75. The number of halogens is 1. The van der Waals surface area contributed by atoms with Gasteiger partial charge in [-0.3, -0.25) is 4.79 Å². The van der Waals surface area contributed by atoms with Crippen LogP contribution in [0.3, 0.4) is 0 Å². The predicted molar refractivity (Wildman–Crippen MR) is 87.0 cm³/mol. The van der Waals surface area contributed by atoms with E-state index in [0.717, 1.165) is 41.5 Å². The number of rotatable bonds is 1. The number of hydrogen-bond donors (Lipinski definition) is 0. The molecule has 0 N–H and O–H groups in total. The van der Waals surface area contributed by atoms with Crippen molar-refractivity contribution in [1.82, 2.24) is 4.90 Å². The number of hydrogen-bond acceptors (Lipinski definition) is 1. The van der Waals surface area contributed by atoms with Gasteiger partial charge in [0, 0.05) is 17.6 Å². The summed E-state index contributed by atoms with van der Waals surface area (Å²) in [6.45, 7) is 10.7. The third-order valence-electron chi connectivity index (χ3n) is 4.36. The SMILES string of the molecule is Cc1ccc(Br)c(C(=O)N2CCC(C(C)(C)C)CC2)c1. The fraction of sp³-hybridized carbons (Fsp3) is 0.588. The van der Waals surface area contributed by atoms with E-state index in [1.54, 1.807) is 0 Å². The first-order valence-electron chi connectivity index (χ1n) is 7.34. The molecule has 1 aliphatic heterocycles. The van der Waals surface area contributed by atoms with Gasteiger partial charge in [0.25, 0.3) is 5.91 Å². The van der Waals surface area contributed by atoms with E-state index in [1.165, 1.54) is 0 Å². The Morgan fingerprint density at radius 2 is 1.85 bits per heavy atom.